The Hall–Kier alpha value is -1.39. The normalized spacial score (nSPS) is 19.5. The zero-order valence-corrected chi connectivity index (χ0v) is 11.6. The molecule has 1 heterocycles. The van der Waals surface area contributed by atoms with Gasteiger partial charge in [-0.15, -0.1) is 0 Å². The third-order valence-electron chi connectivity index (χ3n) is 3.63. The van der Waals surface area contributed by atoms with Crippen molar-refractivity contribution in [1.29, 1.82) is 0 Å². The van der Waals surface area contributed by atoms with Crippen molar-refractivity contribution in [1.82, 2.24) is 10.2 Å². The van der Waals surface area contributed by atoms with E-state index in [-0.39, 0.29) is 5.91 Å². The lowest BCUT2D eigenvalue weighted by atomic mass is 10.2. The number of para-hydroxylation sites is 1. The molecule has 1 aromatic carbocycles. The van der Waals surface area contributed by atoms with Crippen LogP contribution >= 0.6 is 0 Å². The quantitative estimate of drug-likeness (QED) is 0.819. The van der Waals surface area contributed by atoms with Gasteiger partial charge in [-0.3, -0.25) is 9.69 Å². The first-order chi connectivity index (χ1) is 9.29. The van der Waals surface area contributed by atoms with Crippen molar-refractivity contribution in [2.45, 2.75) is 25.8 Å². The molecule has 2 N–H and O–H groups in total. The molecular formula is C15H23N3O. The maximum atomic E-state index is 11.8. The van der Waals surface area contributed by atoms with E-state index >= 15 is 0 Å². The maximum Gasteiger partial charge on any atom is 0.238 e. The molecular weight excluding hydrogens is 238 g/mol. The Morgan fingerprint density at radius 2 is 2.16 bits per heavy atom. The Labute approximate surface area is 115 Å². The fourth-order valence-corrected chi connectivity index (χ4v) is 2.62. The summed E-state index contributed by atoms with van der Waals surface area (Å²) < 4.78 is 0. The van der Waals surface area contributed by atoms with Crippen LogP contribution in [0.15, 0.2) is 30.3 Å². The van der Waals surface area contributed by atoms with Crippen molar-refractivity contribution in [2.75, 3.05) is 31.5 Å². The number of hydrogen-bond acceptors (Lipinski definition) is 3. The number of carbonyl (C=O) groups excluding carboxylic acids is 1. The van der Waals surface area contributed by atoms with E-state index in [1.165, 1.54) is 19.4 Å². The summed E-state index contributed by atoms with van der Waals surface area (Å²) in [5.41, 5.74) is 0.852. The van der Waals surface area contributed by atoms with E-state index in [2.05, 4.69) is 22.5 Å². The molecule has 1 fully saturated rings. The first kappa shape index (κ1) is 14.0. The minimum atomic E-state index is 0.0206. The van der Waals surface area contributed by atoms with Crippen molar-refractivity contribution in [3.05, 3.63) is 30.3 Å². The van der Waals surface area contributed by atoms with E-state index in [9.17, 15) is 4.79 Å². The predicted molar refractivity (Wildman–Crippen MR) is 78.2 cm³/mol. The van der Waals surface area contributed by atoms with Crippen LogP contribution in [0, 0.1) is 0 Å². The van der Waals surface area contributed by atoms with E-state index in [1.807, 2.05) is 30.3 Å². The van der Waals surface area contributed by atoms with Crippen molar-refractivity contribution in [3.8, 4) is 0 Å². The summed E-state index contributed by atoms with van der Waals surface area (Å²) in [4.78, 5) is 14.2. The van der Waals surface area contributed by atoms with Gasteiger partial charge in [-0.05, 0) is 38.1 Å². The van der Waals surface area contributed by atoms with Crippen LogP contribution in [0.2, 0.25) is 0 Å². The Morgan fingerprint density at radius 1 is 1.37 bits per heavy atom. The Kier molecular flexibility index (Phi) is 5.36. The second-order valence-corrected chi connectivity index (χ2v) is 4.97. The van der Waals surface area contributed by atoms with Crippen molar-refractivity contribution in [2.24, 2.45) is 0 Å². The van der Waals surface area contributed by atoms with E-state index in [0.717, 1.165) is 18.8 Å². The highest BCUT2D eigenvalue weighted by Gasteiger charge is 2.22. The van der Waals surface area contributed by atoms with Crippen LogP contribution in [0.4, 0.5) is 5.69 Å². The molecule has 0 aromatic heterocycles. The van der Waals surface area contributed by atoms with E-state index in [4.69, 9.17) is 0 Å². The highest BCUT2D eigenvalue weighted by molar-refractivity contribution is 5.92. The van der Waals surface area contributed by atoms with Crippen LogP contribution in [-0.2, 0) is 4.79 Å². The molecule has 1 aliphatic heterocycles. The van der Waals surface area contributed by atoms with Gasteiger partial charge in [0.1, 0.15) is 0 Å². The molecule has 1 saturated heterocycles. The molecule has 1 aromatic rings. The summed E-state index contributed by atoms with van der Waals surface area (Å²) in [6, 6.07) is 10.2. The number of hydrogen-bond donors (Lipinski definition) is 2. The molecule has 0 bridgehead atoms. The van der Waals surface area contributed by atoms with Gasteiger partial charge in [0.05, 0.1) is 6.54 Å². The Balaban J connectivity index is 1.67. The summed E-state index contributed by atoms with van der Waals surface area (Å²) in [6.07, 6.45) is 2.51. The number of benzene rings is 1. The summed E-state index contributed by atoms with van der Waals surface area (Å²) in [7, 11) is 0. The van der Waals surface area contributed by atoms with Gasteiger partial charge in [0, 0.05) is 18.3 Å². The average Bonchev–Trinajstić information content (AvgIpc) is 2.87. The van der Waals surface area contributed by atoms with Gasteiger partial charge in [0.15, 0.2) is 0 Å². The maximum absolute atomic E-state index is 11.8. The van der Waals surface area contributed by atoms with E-state index in [1.54, 1.807) is 0 Å². The Morgan fingerprint density at radius 3 is 2.89 bits per heavy atom. The van der Waals surface area contributed by atoms with Crippen LogP contribution in [0.25, 0.3) is 0 Å². The van der Waals surface area contributed by atoms with Crippen LogP contribution in [0.5, 0.6) is 0 Å². The average molecular weight is 261 g/mol. The van der Waals surface area contributed by atoms with Gasteiger partial charge < -0.3 is 10.6 Å². The first-order valence-corrected chi connectivity index (χ1v) is 7.09. The number of nitrogens with one attached hydrogen (secondary N) is 2. The number of nitrogens with zero attached hydrogens (tertiary/aromatic N) is 1. The van der Waals surface area contributed by atoms with Gasteiger partial charge in [0.25, 0.3) is 0 Å². The molecule has 0 aliphatic carbocycles. The molecule has 0 radical (unpaired) electrons. The molecule has 104 valence electrons. The van der Waals surface area contributed by atoms with Gasteiger partial charge in [-0.25, -0.2) is 0 Å². The number of likely N-dealkylation sites (N-methyl/N-ethyl adjacent to an activating group) is 1. The van der Waals surface area contributed by atoms with Crippen molar-refractivity contribution >= 4 is 11.6 Å². The predicted octanol–water partition coefficient (Wildman–Crippen LogP) is 1.70. The van der Waals surface area contributed by atoms with Crippen molar-refractivity contribution < 1.29 is 4.79 Å². The third kappa shape index (κ3) is 4.33. The summed E-state index contributed by atoms with van der Waals surface area (Å²) >= 11 is 0. The van der Waals surface area contributed by atoms with Crippen LogP contribution in [0.3, 0.4) is 0 Å². The number of carbonyl (C=O) groups is 1. The lowest BCUT2D eigenvalue weighted by Gasteiger charge is -2.22. The van der Waals surface area contributed by atoms with Gasteiger partial charge in [0.2, 0.25) is 5.91 Å². The zero-order chi connectivity index (χ0) is 13.5. The van der Waals surface area contributed by atoms with Gasteiger partial charge >= 0.3 is 0 Å². The van der Waals surface area contributed by atoms with Crippen LogP contribution in [-0.4, -0.2) is 43.0 Å². The SMILES string of the molecule is CCN1CCCC1CNCC(=O)Nc1ccccc1. The van der Waals surface area contributed by atoms with Crippen LogP contribution < -0.4 is 10.6 Å². The molecule has 1 amide bonds. The molecule has 4 heteroatoms. The zero-order valence-electron chi connectivity index (χ0n) is 11.6. The molecule has 1 unspecified atom stereocenters. The first-order valence-electron chi connectivity index (χ1n) is 7.09. The number of likely N-dealkylation sites (tertiary alicyclic amines) is 1. The van der Waals surface area contributed by atoms with E-state index in [0.29, 0.717) is 12.6 Å². The minimum absolute atomic E-state index is 0.0206. The second kappa shape index (κ2) is 7.26. The van der Waals surface area contributed by atoms with Crippen molar-refractivity contribution in [3.63, 3.8) is 0 Å². The third-order valence-corrected chi connectivity index (χ3v) is 3.63. The molecule has 19 heavy (non-hydrogen) atoms. The molecule has 0 spiro atoms. The molecule has 2 rings (SSSR count). The monoisotopic (exact) mass is 261 g/mol. The van der Waals surface area contributed by atoms with Gasteiger partial charge in [-0.1, -0.05) is 25.1 Å². The summed E-state index contributed by atoms with van der Waals surface area (Å²) in [5, 5.41) is 6.14. The highest BCUT2D eigenvalue weighted by Crippen LogP contribution is 2.15. The van der Waals surface area contributed by atoms with E-state index < -0.39 is 0 Å². The fraction of sp³-hybridized carbons (Fsp3) is 0.533. The van der Waals surface area contributed by atoms with Gasteiger partial charge in [-0.2, -0.15) is 0 Å². The minimum Gasteiger partial charge on any atom is -0.325 e. The standard InChI is InChI=1S/C15H23N3O/c1-2-18-10-6-9-14(18)11-16-12-15(19)17-13-7-4-3-5-8-13/h3-5,7-8,14,16H,2,6,9-12H2,1H3,(H,17,19). The number of rotatable bonds is 6. The molecule has 4 nitrogen and oxygen atoms in total. The lowest BCUT2D eigenvalue weighted by molar-refractivity contribution is -0.115. The number of amides is 1. The second-order valence-electron chi connectivity index (χ2n) is 4.97. The topological polar surface area (TPSA) is 44.4 Å². The number of anilines is 1. The molecule has 0 saturated carbocycles. The summed E-state index contributed by atoms with van der Waals surface area (Å²) in [5.74, 6) is 0.0206. The largest absolute Gasteiger partial charge is 0.325 e. The smallest absolute Gasteiger partial charge is 0.238 e. The molecule has 1 aliphatic rings. The Bertz CT molecular complexity index is 394. The highest BCUT2D eigenvalue weighted by atomic mass is 16.1. The van der Waals surface area contributed by atoms with Crippen LogP contribution in [0.1, 0.15) is 19.8 Å². The molecule has 1 atom stereocenters. The summed E-state index contributed by atoms with van der Waals surface area (Å²) in [6.45, 7) is 5.76. The lowest BCUT2D eigenvalue weighted by Crippen LogP contribution is -2.40. The fourth-order valence-electron chi connectivity index (χ4n) is 2.62.